The highest BCUT2D eigenvalue weighted by atomic mass is 79.9. The zero-order valence-corrected chi connectivity index (χ0v) is 14.7. The van der Waals surface area contributed by atoms with Gasteiger partial charge in [-0.25, -0.2) is 4.98 Å². The molecule has 0 saturated carbocycles. The van der Waals surface area contributed by atoms with Gasteiger partial charge in [0.25, 0.3) is 0 Å². The lowest BCUT2D eigenvalue weighted by Crippen LogP contribution is -1.97. The zero-order chi connectivity index (χ0) is 17.3. The minimum Gasteiger partial charge on any atom is -0.507 e. The Kier molecular flexibility index (Phi) is 4.49. The van der Waals surface area contributed by atoms with E-state index in [1.165, 1.54) is 18.3 Å². The van der Waals surface area contributed by atoms with Crippen LogP contribution < -0.4 is 0 Å². The molecule has 1 N–H and O–H groups in total. The molecule has 0 aliphatic carbocycles. The molecule has 0 bridgehead atoms. The minimum atomic E-state index is -0.493. The van der Waals surface area contributed by atoms with Gasteiger partial charge in [0.05, 0.1) is 10.5 Å². The van der Waals surface area contributed by atoms with Crippen LogP contribution in [0.5, 0.6) is 5.75 Å². The van der Waals surface area contributed by atoms with Crippen LogP contribution in [0.1, 0.15) is 0 Å². The Balaban J connectivity index is 2.00. The maximum atomic E-state index is 11.1. The Morgan fingerprint density at radius 3 is 2.88 bits per heavy atom. The highest BCUT2D eigenvalue weighted by molar-refractivity contribution is 9.10. The average molecular weight is 408 g/mol. The second-order valence-corrected chi connectivity index (χ2v) is 6.59. The summed E-state index contributed by atoms with van der Waals surface area (Å²) in [6.45, 7) is 0. The number of phenols is 1. The number of rotatable bonds is 4. The van der Waals surface area contributed by atoms with Gasteiger partial charge in [0.1, 0.15) is 5.75 Å². The van der Waals surface area contributed by atoms with Gasteiger partial charge in [-0.2, -0.15) is 0 Å². The number of phenolic OH excluding ortho intramolecular Hbond substituents is 1. The van der Waals surface area contributed by atoms with Crippen LogP contribution >= 0.6 is 27.7 Å². The van der Waals surface area contributed by atoms with Gasteiger partial charge in [-0.15, -0.1) is 10.2 Å². The Labute approximate surface area is 148 Å². The van der Waals surface area contributed by atoms with Crippen LogP contribution in [-0.2, 0) is 7.05 Å². The normalized spacial score (nSPS) is 10.8. The van der Waals surface area contributed by atoms with Crippen LogP contribution in [0.4, 0.5) is 5.69 Å². The lowest BCUT2D eigenvalue weighted by molar-refractivity contribution is -0.388. The molecular formula is C14H10BrN5O3S. The maximum absolute atomic E-state index is 11.1. The smallest absolute Gasteiger partial charge is 0.301 e. The molecule has 0 aliphatic heterocycles. The third kappa shape index (κ3) is 3.10. The summed E-state index contributed by atoms with van der Waals surface area (Å²) >= 11 is 4.38. The molecule has 0 aliphatic rings. The largest absolute Gasteiger partial charge is 0.507 e. The van der Waals surface area contributed by atoms with E-state index in [1.807, 2.05) is 0 Å². The van der Waals surface area contributed by atoms with E-state index in [0.29, 0.717) is 16.5 Å². The molecule has 0 fully saturated rings. The fourth-order valence-electron chi connectivity index (χ4n) is 2.01. The molecule has 122 valence electrons. The molecule has 0 unspecified atom stereocenters. The standard InChI is InChI=1S/C14H10BrN5O3S/c1-19-12(9-7-8(15)4-5-11(9)21)17-18-14(19)24-13-10(20(22)23)3-2-6-16-13/h2-7,21H,1H3. The first-order valence-corrected chi connectivity index (χ1v) is 8.24. The monoisotopic (exact) mass is 407 g/mol. The fourth-order valence-corrected chi connectivity index (χ4v) is 3.21. The summed E-state index contributed by atoms with van der Waals surface area (Å²) in [5.41, 5.74) is 0.402. The first-order valence-electron chi connectivity index (χ1n) is 6.63. The molecule has 8 nitrogen and oxygen atoms in total. The second kappa shape index (κ2) is 6.57. The molecule has 10 heteroatoms. The predicted octanol–water partition coefficient (Wildman–Crippen LogP) is 3.40. The van der Waals surface area contributed by atoms with Crippen molar-refractivity contribution in [2.45, 2.75) is 10.2 Å². The van der Waals surface area contributed by atoms with E-state index >= 15 is 0 Å². The average Bonchev–Trinajstić information content (AvgIpc) is 2.91. The van der Waals surface area contributed by atoms with Crippen LogP contribution in [0.3, 0.4) is 0 Å². The maximum Gasteiger partial charge on any atom is 0.301 e. The molecule has 0 amide bonds. The van der Waals surface area contributed by atoms with Crippen molar-refractivity contribution in [3.8, 4) is 17.1 Å². The predicted molar refractivity (Wildman–Crippen MR) is 90.8 cm³/mol. The number of nitrogens with zero attached hydrogens (tertiary/aromatic N) is 5. The van der Waals surface area contributed by atoms with Gasteiger partial charge < -0.3 is 9.67 Å². The topological polar surface area (TPSA) is 107 Å². The second-order valence-electron chi connectivity index (χ2n) is 4.71. The van der Waals surface area contributed by atoms with E-state index in [4.69, 9.17) is 0 Å². The van der Waals surface area contributed by atoms with Crippen molar-refractivity contribution in [3.63, 3.8) is 0 Å². The van der Waals surface area contributed by atoms with Gasteiger partial charge in [0, 0.05) is 23.8 Å². The summed E-state index contributed by atoms with van der Waals surface area (Å²) in [6.07, 6.45) is 1.48. The number of hydrogen-bond acceptors (Lipinski definition) is 7. The molecule has 0 atom stereocenters. The van der Waals surface area contributed by atoms with E-state index in [0.717, 1.165) is 16.2 Å². The highest BCUT2D eigenvalue weighted by Gasteiger charge is 2.20. The number of pyridine rings is 1. The fraction of sp³-hybridized carbons (Fsp3) is 0.0714. The van der Waals surface area contributed by atoms with Crippen LogP contribution in [0, 0.1) is 10.1 Å². The molecule has 3 rings (SSSR count). The van der Waals surface area contributed by atoms with Crippen LogP contribution in [0.2, 0.25) is 0 Å². The van der Waals surface area contributed by atoms with Crippen molar-refractivity contribution in [3.05, 3.63) is 51.1 Å². The van der Waals surface area contributed by atoms with Crippen molar-refractivity contribution < 1.29 is 10.0 Å². The number of aromatic nitrogens is 4. The molecular weight excluding hydrogens is 398 g/mol. The van der Waals surface area contributed by atoms with Crippen LogP contribution in [-0.4, -0.2) is 29.8 Å². The van der Waals surface area contributed by atoms with Gasteiger partial charge in [-0.3, -0.25) is 10.1 Å². The lowest BCUT2D eigenvalue weighted by atomic mass is 10.2. The summed E-state index contributed by atoms with van der Waals surface area (Å²) in [4.78, 5) is 14.6. The van der Waals surface area contributed by atoms with Crippen molar-refractivity contribution >= 4 is 33.4 Å². The minimum absolute atomic E-state index is 0.0640. The number of hydrogen-bond donors (Lipinski definition) is 1. The van der Waals surface area contributed by atoms with Crippen molar-refractivity contribution in [2.24, 2.45) is 7.05 Å². The summed E-state index contributed by atoms with van der Waals surface area (Å²) in [5.74, 6) is 0.504. The zero-order valence-electron chi connectivity index (χ0n) is 12.3. The van der Waals surface area contributed by atoms with Gasteiger partial charge in [0.15, 0.2) is 16.0 Å². The molecule has 0 radical (unpaired) electrons. The third-order valence-electron chi connectivity index (χ3n) is 3.17. The van der Waals surface area contributed by atoms with Gasteiger partial charge >= 0.3 is 5.69 Å². The van der Waals surface area contributed by atoms with Crippen LogP contribution in [0.25, 0.3) is 11.4 Å². The number of benzene rings is 1. The van der Waals surface area contributed by atoms with E-state index in [1.54, 1.807) is 29.8 Å². The Morgan fingerprint density at radius 1 is 1.33 bits per heavy atom. The third-order valence-corrected chi connectivity index (χ3v) is 4.71. The molecule has 3 aromatic rings. The first kappa shape index (κ1) is 16.4. The summed E-state index contributed by atoms with van der Waals surface area (Å²) in [7, 11) is 1.72. The quantitative estimate of drug-likeness (QED) is 0.521. The summed E-state index contributed by atoms with van der Waals surface area (Å²) in [5, 5.41) is 29.9. The SMILES string of the molecule is Cn1c(Sc2ncccc2[N+](=O)[O-])nnc1-c1cc(Br)ccc1O. The summed E-state index contributed by atoms with van der Waals surface area (Å²) < 4.78 is 2.43. The number of nitro groups is 1. The molecule has 2 aromatic heterocycles. The van der Waals surface area contributed by atoms with Crippen molar-refractivity contribution in [1.29, 1.82) is 0 Å². The van der Waals surface area contributed by atoms with Crippen molar-refractivity contribution in [1.82, 2.24) is 19.7 Å². The first-order chi connectivity index (χ1) is 11.5. The number of aromatic hydroxyl groups is 1. The molecule has 24 heavy (non-hydrogen) atoms. The molecule has 0 saturated heterocycles. The van der Waals surface area contributed by atoms with E-state index < -0.39 is 4.92 Å². The van der Waals surface area contributed by atoms with E-state index in [9.17, 15) is 15.2 Å². The van der Waals surface area contributed by atoms with Gasteiger partial charge in [-0.1, -0.05) is 15.9 Å². The summed E-state index contributed by atoms with van der Waals surface area (Å²) in [6, 6.07) is 7.86. The van der Waals surface area contributed by atoms with E-state index in [2.05, 4.69) is 31.1 Å². The molecule has 0 spiro atoms. The Morgan fingerprint density at radius 2 is 2.12 bits per heavy atom. The molecule has 1 aromatic carbocycles. The van der Waals surface area contributed by atoms with E-state index in [-0.39, 0.29) is 16.5 Å². The van der Waals surface area contributed by atoms with Gasteiger partial charge in [0.2, 0.25) is 0 Å². The highest BCUT2D eigenvalue weighted by Crippen LogP contribution is 2.35. The Bertz CT molecular complexity index is 931. The number of halogens is 1. The van der Waals surface area contributed by atoms with Crippen LogP contribution in [0.15, 0.2) is 51.2 Å². The van der Waals surface area contributed by atoms with Crippen molar-refractivity contribution in [2.75, 3.05) is 0 Å². The molecule has 2 heterocycles. The van der Waals surface area contributed by atoms with Gasteiger partial charge in [-0.05, 0) is 36.0 Å². The lowest BCUT2D eigenvalue weighted by Gasteiger charge is -2.06. The Hall–Kier alpha value is -2.46.